The average molecular weight is 367 g/mol. The van der Waals surface area contributed by atoms with Gasteiger partial charge in [0.15, 0.2) is 5.82 Å². The predicted octanol–water partition coefficient (Wildman–Crippen LogP) is 1.01. The molecule has 4 atom stereocenters. The number of nitrogens with one attached hydrogen (secondary N) is 3. The van der Waals surface area contributed by atoms with E-state index < -0.39 is 0 Å². The number of anilines is 1. The van der Waals surface area contributed by atoms with Crippen LogP contribution >= 0.6 is 0 Å². The Morgan fingerprint density at radius 1 is 1.26 bits per heavy atom. The van der Waals surface area contributed by atoms with E-state index in [1.807, 2.05) is 18.2 Å². The van der Waals surface area contributed by atoms with Crippen molar-refractivity contribution >= 4 is 11.7 Å². The Bertz CT molecular complexity index is 813. The highest BCUT2D eigenvalue weighted by molar-refractivity contribution is 5.80. The van der Waals surface area contributed by atoms with Gasteiger partial charge in [0.1, 0.15) is 11.9 Å². The maximum atomic E-state index is 11.7. The number of primary amides is 1. The zero-order chi connectivity index (χ0) is 18.8. The molecule has 0 bridgehead atoms. The molecular weight excluding hydrogens is 342 g/mol. The minimum Gasteiger partial charge on any atom is -0.368 e. The number of rotatable bonds is 5. The van der Waals surface area contributed by atoms with Crippen molar-refractivity contribution in [2.75, 3.05) is 5.32 Å². The fraction of sp³-hybridized carbons (Fsp3) is 0.474. The maximum Gasteiger partial charge on any atom is 0.236 e. The van der Waals surface area contributed by atoms with E-state index in [9.17, 15) is 4.79 Å². The number of pyridine rings is 1. The largest absolute Gasteiger partial charge is 0.368 e. The summed E-state index contributed by atoms with van der Waals surface area (Å²) in [6.07, 6.45) is 7.20. The molecule has 0 spiro atoms. The Morgan fingerprint density at radius 3 is 2.81 bits per heavy atom. The molecule has 3 heterocycles. The van der Waals surface area contributed by atoms with Crippen LogP contribution in [0.4, 0.5) is 5.82 Å². The number of hydrogen-bond donors (Lipinski definition) is 4. The van der Waals surface area contributed by atoms with Crippen molar-refractivity contribution in [2.24, 2.45) is 11.7 Å². The molecule has 1 saturated carbocycles. The van der Waals surface area contributed by atoms with Gasteiger partial charge in [0.25, 0.3) is 0 Å². The van der Waals surface area contributed by atoms with Crippen molar-refractivity contribution in [3.63, 3.8) is 0 Å². The Labute approximate surface area is 158 Å². The van der Waals surface area contributed by atoms with Gasteiger partial charge in [-0.2, -0.15) is 0 Å². The standard InChI is InChI=1S/C19H25N7O/c1-2-12-10-16(24-19(23-12)11-5-7-21-8-6-11)22-13-3-4-15-14(9-13)17(18(20)27)26-25-15/h5-8,10,13-15,17,25-26H,2-4,9H2,1H3,(H2,20,27)(H,22,23,24). The fourth-order valence-electron chi connectivity index (χ4n) is 4.06. The molecule has 0 aromatic carbocycles. The zero-order valence-electron chi connectivity index (χ0n) is 15.4. The zero-order valence-corrected chi connectivity index (χ0v) is 15.4. The van der Waals surface area contributed by atoms with Crippen molar-refractivity contribution in [3.8, 4) is 11.4 Å². The lowest BCUT2D eigenvalue weighted by Crippen LogP contribution is -2.44. The van der Waals surface area contributed by atoms with E-state index in [-0.39, 0.29) is 23.9 Å². The molecule has 0 radical (unpaired) electrons. The first kappa shape index (κ1) is 17.8. The number of nitrogens with two attached hydrogens (primary N) is 1. The molecule has 1 amide bonds. The molecule has 4 rings (SSSR count). The van der Waals surface area contributed by atoms with Gasteiger partial charge < -0.3 is 11.1 Å². The predicted molar refractivity (Wildman–Crippen MR) is 102 cm³/mol. The molecule has 2 fully saturated rings. The van der Waals surface area contributed by atoms with E-state index in [1.165, 1.54) is 0 Å². The molecule has 142 valence electrons. The van der Waals surface area contributed by atoms with Gasteiger partial charge in [0.2, 0.25) is 5.91 Å². The van der Waals surface area contributed by atoms with E-state index in [2.05, 4.69) is 33.1 Å². The lowest BCUT2D eigenvalue weighted by molar-refractivity contribution is -0.120. The van der Waals surface area contributed by atoms with Crippen molar-refractivity contribution < 1.29 is 4.79 Å². The van der Waals surface area contributed by atoms with Crippen LogP contribution in [0.15, 0.2) is 30.6 Å². The first-order valence-electron chi connectivity index (χ1n) is 9.49. The number of amides is 1. The molecule has 2 aromatic heterocycles. The van der Waals surface area contributed by atoms with Gasteiger partial charge in [0.05, 0.1) is 0 Å². The summed E-state index contributed by atoms with van der Waals surface area (Å²) in [5, 5.41) is 3.56. The second-order valence-electron chi connectivity index (χ2n) is 7.25. The topological polar surface area (TPSA) is 118 Å². The average Bonchev–Trinajstić information content (AvgIpc) is 3.12. The molecular formula is C19H25N7O. The number of nitrogens with zero attached hydrogens (tertiary/aromatic N) is 3. The smallest absolute Gasteiger partial charge is 0.236 e. The Hall–Kier alpha value is -2.58. The van der Waals surface area contributed by atoms with Crippen LogP contribution in [-0.4, -0.2) is 39.0 Å². The van der Waals surface area contributed by atoms with Crippen LogP contribution in [0.1, 0.15) is 31.9 Å². The molecule has 1 aliphatic carbocycles. The second-order valence-corrected chi connectivity index (χ2v) is 7.25. The van der Waals surface area contributed by atoms with E-state index >= 15 is 0 Å². The minimum absolute atomic E-state index is 0.195. The highest BCUT2D eigenvalue weighted by Gasteiger charge is 2.42. The highest BCUT2D eigenvalue weighted by atomic mass is 16.1. The summed E-state index contributed by atoms with van der Waals surface area (Å²) in [6, 6.07) is 6.06. The summed E-state index contributed by atoms with van der Waals surface area (Å²) < 4.78 is 0. The van der Waals surface area contributed by atoms with Gasteiger partial charge in [0, 0.05) is 47.7 Å². The number of hydrazine groups is 1. The quantitative estimate of drug-likeness (QED) is 0.623. The number of aryl methyl sites for hydroxylation is 1. The summed E-state index contributed by atoms with van der Waals surface area (Å²) in [6.45, 7) is 2.08. The van der Waals surface area contributed by atoms with Crippen LogP contribution in [0.2, 0.25) is 0 Å². The van der Waals surface area contributed by atoms with Gasteiger partial charge in [-0.25, -0.2) is 15.4 Å². The van der Waals surface area contributed by atoms with Gasteiger partial charge in [-0.3, -0.25) is 15.2 Å². The number of hydrogen-bond acceptors (Lipinski definition) is 7. The molecule has 8 heteroatoms. The minimum atomic E-state index is -0.316. The third-order valence-electron chi connectivity index (χ3n) is 5.49. The molecule has 4 unspecified atom stereocenters. The molecule has 2 aromatic rings. The maximum absolute atomic E-state index is 11.7. The van der Waals surface area contributed by atoms with Crippen LogP contribution < -0.4 is 21.9 Å². The van der Waals surface area contributed by atoms with E-state index in [0.29, 0.717) is 11.9 Å². The van der Waals surface area contributed by atoms with Crippen molar-refractivity contribution in [3.05, 3.63) is 36.3 Å². The monoisotopic (exact) mass is 367 g/mol. The van der Waals surface area contributed by atoms with Crippen molar-refractivity contribution in [1.29, 1.82) is 0 Å². The summed E-state index contributed by atoms with van der Waals surface area (Å²) in [4.78, 5) is 25.1. The third kappa shape index (κ3) is 3.77. The summed E-state index contributed by atoms with van der Waals surface area (Å²) in [5.74, 6) is 1.42. The van der Waals surface area contributed by atoms with Crippen LogP contribution in [0, 0.1) is 5.92 Å². The molecule has 27 heavy (non-hydrogen) atoms. The first-order chi connectivity index (χ1) is 13.1. The molecule has 8 nitrogen and oxygen atoms in total. The van der Waals surface area contributed by atoms with Crippen molar-refractivity contribution in [2.45, 2.75) is 50.7 Å². The molecule has 1 saturated heterocycles. The van der Waals surface area contributed by atoms with Crippen LogP contribution in [-0.2, 0) is 11.2 Å². The summed E-state index contributed by atoms with van der Waals surface area (Å²) in [5.41, 5.74) is 13.7. The van der Waals surface area contributed by atoms with E-state index in [4.69, 9.17) is 10.7 Å². The fourth-order valence-corrected chi connectivity index (χ4v) is 4.06. The van der Waals surface area contributed by atoms with Gasteiger partial charge >= 0.3 is 0 Å². The number of aromatic nitrogens is 3. The van der Waals surface area contributed by atoms with Gasteiger partial charge in [-0.15, -0.1) is 0 Å². The van der Waals surface area contributed by atoms with E-state index in [0.717, 1.165) is 42.8 Å². The highest BCUT2D eigenvalue weighted by Crippen LogP contribution is 2.32. The Morgan fingerprint density at radius 2 is 2.07 bits per heavy atom. The van der Waals surface area contributed by atoms with Crippen LogP contribution in [0.3, 0.4) is 0 Å². The SMILES string of the molecule is CCc1cc(NC2CCC3NNC(C(N)=O)C3C2)nc(-c2ccncc2)n1. The molecule has 2 aliphatic rings. The summed E-state index contributed by atoms with van der Waals surface area (Å²) >= 11 is 0. The lowest BCUT2D eigenvalue weighted by Gasteiger charge is -2.33. The Kier molecular flexibility index (Phi) is 5.00. The number of carbonyl (C=O) groups excluding carboxylic acids is 1. The Balaban J connectivity index is 1.53. The van der Waals surface area contributed by atoms with Gasteiger partial charge in [-0.05, 0) is 37.8 Å². The van der Waals surface area contributed by atoms with Crippen LogP contribution in [0.25, 0.3) is 11.4 Å². The van der Waals surface area contributed by atoms with E-state index in [1.54, 1.807) is 12.4 Å². The van der Waals surface area contributed by atoms with Crippen molar-refractivity contribution in [1.82, 2.24) is 25.8 Å². The number of carbonyl (C=O) groups is 1. The van der Waals surface area contributed by atoms with Crippen LogP contribution in [0.5, 0.6) is 0 Å². The lowest BCUT2D eigenvalue weighted by atomic mass is 9.79. The van der Waals surface area contributed by atoms with Gasteiger partial charge in [-0.1, -0.05) is 6.92 Å². The normalized spacial score (nSPS) is 27.1. The first-order valence-corrected chi connectivity index (χ1v) is 9.49. The molecule has 5 N–H and O–H groups in total. The third-order valence-corrected chi connectivity index (χ3v) is 5.49. The number of fused-ring (bicyclic) bond motifs is 1. The molecule has 1 aliphatic heterocycles. The second kappa shape index (κ2) is 7.58. The summed E-state index contributed by atoms with van der Waals surface area (Å²) in [7, 11) is 0.